The summed E-state index contributed by atoms with van der Waals surface area (Å²) in [7, 11) is 1.48. The zero-order valence-electron chi connectivity index (χ0n) is 14.1. The van der Waals surface area contributed by atoms with Gasteiger partial charge < -0.3 is 15.5 Å². The summed E-state index contributed by atoms with van der Waals surface area (Å²) in [5, 5.41) is 4.93. The fraction of sp³-hybridized carbons (Fsp3) is 0.471. The van der Waals surface area contributed by atoms with E-state index in [0.29, 0.717) is 19.4 Å². The zero-order valence-corrected chi connectivity index (χ0v) is 14.1. The molecule has 1 aliphatic heterocycles. The minimum atomic E-state index is -1.14. The highest BCUT2D eigenvalue weighted by Gasteiger charge is 2.35. The van der Waals surface area contributed by atoms with Crippen LogP contribution in [-0.2, 0) is 14.4 Å². The van der Waals surface area contributed by atoms with Crippen LogP contribution in [-0.4, -0.2) is 42.3 Å². The molecule has 1 aromatic carbocycles. The molecule has 2 rings (SSSR count). The van der Waals surface area contributed by atoms with Gasteiger partial charge in [-0.15, -0.1) is 0 Å². The maximum Gasteiger partial charge on any atom is 0.242 e. The van der Waals surface area contributed by atoms with Gasteiger partial charge in [0, 0.05) is 26.1 Å². The number of carbonyl (C=O) groups is 3. The molecule has 2 N–H and O–H groups in total. The van der Waals surface area contributed by atoms with E-state index in [1.165, 1.54) is 24.9 Å². The van der Waals surface area contributed by atoms with Crippen molar-refractivity contribution in [1.82, 2.24) is 15.5 Å². The molecule has 3 amide bonds. The lowest BCUT2D eigenvalue weighted by molar-refractivity contribution is -0.138. The normalized spacial score (nSPS) is 17.9. The Bertz CT molecular complexity index is 661. The summed E-state index contributed by atoms with van der Waals surface area (Å²) in [4.78, 5) is 37.3. The maximum atomic E-state index is 14.1. The Morgan fingerprint density at radius 2 is 1.92 bits per heavy atom. The number of likely N-dealkylation sites (tertiary alicyclic amines) is 1. The van der Waals surface area contributed by atoms with Crippen LogP contribution in [0.25, 0.3) is 0 Å². The largest absolute Gasteiger partial charge is 0.357 e. The fourth-order valence-electron chi connectivity index (χ4n) is 3.11. The van der Waals surface area contributed by atoms with Gasteiger partial charge in [0.05, 0.1) is 12.5 Å². The molecule has 1 aliphatic rings. The number of nitrogens with zero attached hydrogens (tertiary/aromatic N) is 1. The monoisotopic (exact) mass is 353 g/mol. The average molecular weight is 353 g/mol. The van der Waals surface area contributed by atoms with E-state index >= 15 is 0 Å². The Labute approximate surface area is 144 Å². The topological polar surface area (TPSA) is 78.5 Å². The Balaban J connectivity index is 2.24. The number of hydrogen-bond acceptors (Lipinski definition) is 3. The fourth-order valence-corrected chi connectivity index (χ4v) is 3.11. The molecule has 0 aromatic heterocycles. The number of hydrogen-bond donors (Lipinski definition) is 2. The van der Waals surface area contributed by atoms with E-state index in [9.17, 15) is 23.2 Å². The number of benzene rings is 1. The van der Waals surface area contributed by atoms with Crippen molar-refractivity contribution in [3.8, 4) is 0 Å². The summed E-state index contributed by atoms with van der Waals surface area (Å²) in [5.74, 6) is -2.90. The van der Waals surface area contributed by atoms with Gasteiger partial charge in [0.25, 0.3) is 0 Å². The zero-order chi connectivity index (χ0) is 18.6. The molecule has 8 heteroatoms. The highest BCUT2D eigenvalue weighted by molar-refractivity contribution is 5.88. The number of nitrogens with one attached hydrogen (secondary N) is 2. The molecular weight excluding hydrogens is 332 g/mol. The quantitative estimate of drug-likeness (QED) is 0.837. The van der Waals surface area contributed by atoms with E-state index in [2.05, 4.69) is 10.6 Å². The third-order valence-corrected chi connectivity index (χ3v) is 4.23. The lowest BCUT2D eigenvalue weighted by Gasteiger charge is -2.26. The standard InChI is InChI=1S/C17H21F2N3O3/c1-10(23)21-13(16-11(18)5-3-6-12(16)19)9-15(24)22-8-4-7-14(22)17(25)20-2/h3,5-6,13-14H,4,7-9H2,1-2H3,(H,20,25)(H,21,23). The number of rotatable bonds is 5. The molecule has 1 saturated heterocycles. The molecule has 0 spiro atoms. The van der Waals surface area contributed by atoms with Crippen LogP contribution >= 0.6 is 0 Å². The minimum Gasteiger partial charge on any atom is -0.357 e. The van der Waals surface area contributed by atoms with Gasteiger partial charge >= 0.3 is 0 Å². The Kier molecular flexibility index (Phi) is 6.06. The lowest BCUT2D eigenvalue weighted by Crippen LogP contribution is -2.46. The first-order chi connectivity index (χ1) is 11.8. The number of halogens is 2. The predicted molar refractivity (Wildman–Crippen MR) is 86.3 cm³/mol. The molecule has 0 saturated carbocycles. The second kappa shape index (κ2) is 8.04. The second-order valence-corrected chi connectivity index (χ2v) is 5.95. The van der Waals surface area contributed by atoms with Gasteiger partial charge in [-0.25, -0.2) is 8.78 Å². The summed E-state index contributed by atoms with van der Waals surface area (Å²) < 4.78 is 28.1. The van der Waals surface area contributed by atoms with Gasteiger partial charge in [0.2, 0.25) is 17.7 Å². The van der Waals surface area contributed by atoms with E-state index in [4.69, 9.17) is 0 Å². The Hall–Kier alpha value is -2.51. The van der Waals surface area contributed by atoms with Crippen LogP contribution in [0.2, 0.25) is 0 Å². The molecular formula is C17H21F2N3O3. The van der Waals surface area contributed by atoms with Gasteiger partial charge in [0.15, 0.2) is 0 Å². The van der Waals surface area contributed by atoms with Crippen molar-refractivity contribution in [3.63, 3.8) is 0 Å². The number of likely N-dealkylation sites (N-methyl/N-ethyl adjacent to an activating group) is 1. The van der Waals surface area contributed by atoms with Crippen LogP contribution in [0.5, 0.6) is 0 Å². The predicted octanol–water partition coefficient (Wildman–Crippen LogP) is 1.27. The first kappa shape index (κ1) is 18.8. The van der Waals surface area contributed by atoms with Gasteiger partial charge in [-0.2, -0.15) is 0 Å². The van der Waals surface area contributed by atoms with Crippen molar-refractivity contribution in [1.29, 1.82) is 0 Å². The highest BCUT2D eigenvalue weighted by atomic mass is 19.1. The third kappa shape index (κ3) is 4.32. The molecule has 0 radical (unpaired) electrons. The summed E-state index contributed by atoms with van der Waals surface area (Å²) in [6, 6.07) is 1.61. The minimum absolute atomic E-state index is 0.279. The van der Waals surface area contributed by atoms with Gasteiger partial charge in [-0.05, 0) is 25.0 Å². The van der Waals surface area contributed by atoms with E-state index in [1.54, 1.807) is 0 Å². The maximum absolute atomic E-state index is 14.1. The summed E-state index contributed by atoms with van der Waals surface area (Å²) in [5.41, 5.74) is -0.360. The molecule has 0 bridgehead atoms. The Morgan fingerprint density at radius 1 is 1.28 bits per heavy atom. The van der Waals surface area contributed by atoms with Crippen molar-refractivity contribution in [2.45, 2.75) is 38.3 Å². The van der Waals surface area contributed by atoms with Crippen molar-refractivity contribution >= 4 is 17.7 Å². The van der Waals surface area contributed by atoms with Gasteiger partial charge in [-0.3, -0.25) is 14.4 Å². The van der Waals surface area contributed by atoms with Crippen LogP contribution in [0.4, 0.5) is 8.78 Å². The molecule has 1 aromatic rings. The Morgan fingerprint density at radius 3 is 2.48 bits per heavy atom. The third-order valence-electron chi connectivity index (χ3n) is 4.23. The summed E-state index contributed by atoms with van der Waals surface area (Å²) >= 11 is 0. The van der Waals surface area contributed by atoms with Gasteiger partial charge in [0.1, 0.15) is 17.7 Å². The second-order valence-electron chi connectivity index (χ2n) is 5.95. The van der Waals surface area contributed by atoms with Crippen LogP contribution in [0, 0.1) is 11.6 Å². The molecule has 2 atom stereocenters. The molecule has 1 fully saturated rings. The van der Waals surface area contributed by atoms with Crippen LogP contribution < -0.4 is 10.6 Å². The lowest BCUT2D eigenvalue weighted by atomic mass is 10.0. The summed E-state index contributed by atoms with van der Waals surface area (Å²) in [6.45, 7) is 1.60. The first-order valence-electron chi connectivity index (χ1n) is 8.07. The van der Waals surface area contributed by atoms with E-state index in [-0.39, 0.29) is 17.9 Å². The molecule has 0 aliphatic carbocycles. The van der Waals surface area contributed by atoms with E-state index < -0.39 is 35.5 Å². The average Bonchev–Trinajstić information content (AvgIpc) is 3.03. The summed E-state index contributed by atoms with van der Waals surface area (Å²) in [6.07, 6.45) is 0.873. The highest BCUT2D eigenvalue weighted by Crippen LogP contribution is 2.26. The number of carbonyl (C=O) groups excluding carboxylic acids is 3. The molecule has 6 nitrogen and oxygen atoms in total. The van der Waals surface area contributed by atoms with Crippen molar-refractivity contribution in [2.75, 3.05) is 13.6 Å². The SMILES string of the molecule is CNC(=O)C1CCCN1C(=O)CC(NC(C)=O)c1c(F)cccc1F. The molecule has 25 heavy (non-hydrogen) atoms. The van der Waals surface area contributed by atoms with Crippen LogP contribution in [0.3, 0.4) is 0 Å². The van der Waals surface area contributed by atoms with Crippen molar-refractivity contribution in [2.24, 2.45) is 0 Å². The van der Waals surface area contributed by atoms with E-state index in [0.717, 1.165) is 12.1 Å². The van der Waals surface area contributed by atoms with Gasteiger partial charge in [-0.1, -0.05) is 6.07 Å². The van der Waals surface area contributed by atoms with Crippen molar-refractivity contribution < 1.29 is 23.2 Å². The van der Waals surface area contributed by atoms with E-state index in [1.807, 2.05) is 0 Å². The first-order valence-corrected chi connectivity index (χ1v) is 8.07. The molecule has 136 valence electrons. The molecule has 2 unspecified atom stereocenters. The molecule has 1 heterocycles. The van der Waals surface area contributed by atoms with Crippen molar-refractivity contribution in [3.05, 3.63) is 35.4 Å². The van der Waals surface area contributed by atoms with Crippen LogP contribution in [0.1, 0.15) is 37.8 Å². The van der Waals surface area contributed by atoms with Crippen LogP contribution in [0.15, 0.2) is 18.2 Å². The smallest absolute Gasteiger partial charge is 0.242 e. The number of amides is 3.